The third-order valence-corrected chi connectivity index (χ3v) is 4.58. The summed E-state index contributed by atoms with van der Waals surface area (Å²) in [5.41, 5.74) is 11.6. The fraction of sp³-hybridized carbons (Fsp3) is 0. The van der Waals surface area contributed by atoms with Crippen LogP contribution in [0.2, 0.25) is 0 Å². The van der Waals surface area contributed by atoms with E-state index in [0.29, 0.717) is 17.4 Å². The van der Waals surface area contributed by atoms with Gasteiger partial charge >= 0.3 is 0 Å². The molecule has 1 aliphatic heterocycles. The van der Waals surface area contributed by atoms with Crippen molar-refractivity contribution >= 4 is 46.9 Å². The van der Waals surface area contributed by atoms with Crippen LogP contribution >= 0.6 is 43.9 Å². The van der Waals surface area contributed by atoms with Crippen molar-refractivity contribution in [3.05, 3.63) is 20.5 Å². The predicted molar refractivity (Wildman–Crippen MR) is 54.2 cm³/mol. The van der Waals surface area contributed by atoms with Crippen LogP contribution in [-0.2, 0) is 0 Å². The van der Waals surface area contributed by atoms with Crippen LogP contribution in [0.4, 0.5) is 0 Å². The highest BCUT2D eigenvalue weighted by atomic mass is 127. The maximum atomic E-state index is 5.72. The topological polar surface area (TPSA) is 52.0 Å². The van der Waals surface area contributed by atoms with Crippen molar-refractivity contribution in [2.24, 2.45) is 11.5 Å². The molecular weight excluding hydrogens is 286 g/mol. The summed E-state index contributed by atoms with van der Waals surface area (Å²) in [6, 6.07) is 0. The molecule has 10 heavy (non-hydrogen) atoms. The zero-order valence-corrected chi connectivity index (χ0v) is 8.54. The largest absolute Gasteiger partial charge is 0.397 e. The van der Waals surface area contributed by atoms with Gasteiger partial charge < -0.3 is 11.5 Å². The summed E-state index contributed by atoms with van der Waals surface area (Å²) < 4.78 is 1.35. The van der Waals surface area contributed by atoms with E-state index in [2.05, 4.69) is 0 Å². The first-order valence-electron chi connectivity index (χ1n) is 2.41. The molecule has 0 aromatic carbocycles. The van der Waals surface area contributed by atoms with Gasteiger partial charge in [0.2, 0.25) is 0 Å². The van der Waals surface area contributed by atoms with E-state index in [4.69, 9.17) is 34.7 Å². The highest BCUT2D eigenvalue weighted by molar-refractivity contribution is 14.2. The summed E-state index contributed by atoms with van der Waals surface area (Å²) in [6.45, 7) is 0. The second kappa shape index (κ2) is 3.11. The van der Waals surface area contributed by atoms with Crippen LogP contribution in [0.15, 0.2) is 20.5 Å². The highest BCUT2D eigenvalue weighted by Crippen LogP contribution is 2.27. The molecule has 1 aliphatic rings. The SMILES string of the molecule is NC1=C(N)I=C(Cl)C(Cl)=C1. The summed E-state index contributed by atoms with van der Waals surface area (Å²) in [5, 5.41) is 0.529. The molecule has 0 unspecified atom stereocenters. The Morgan fingerprint density at radius 2 is 1.90 bits per heavy atom. The predicted octanol–water partition coefficient (Wildman–Crippen LogP) is 1.55. The van der Waals surface area contributed by atoms with Gasteiger partial charge in [-0.05, 0) is 26.8 Å². The number of allylic oxidation sites excluding steroid dienone is 2. The first-order chi connectivity index (χ1) is 4.61. The van der Waals surface area contributed by atoms with Crippen molar-refractivity contribution < 1.29 is 0 Å². The molecule has 1 heterocycles. The molecular formula is C5H5Cl2IN2. The Kier molecular flexibility index (Phi) is 2.60. The van der Waals surface area contributed by atoms with Crippen molar-refractivity contribution in [1.82, 2.24) is 0 Å². The van der Waals surface area contributed by atoms with E-state index in [1.165, 1.54) is 0 Å². The summed E-state index contributed by atoms with van der Waals surface area (Å²) in [4.78, 5) is 0. The van der Waals surface area contributed by atoms with Gasteiger partial charge in [-0.1, -0.05) is 23.2 Å². The quantitative estimate of drug-likeness (QED) is 0.525. The molecule has 0 fully saturated rings. The maximum absolute atomic E-state index is 5.72. The number of halogens is 3. The van der Waals surface area contributed by atoms with Gasteiger partial charge in [-0.15, -0.1) is 0 Å². The van der Waals surface area contributed by atoms with Crippen molar-refractivity contribution in [2.45, 2.75) is 0 Å². The second-order valence-corrected chi connectivity index (χ2v) is 5.85. The first kappa shape index (κ1) is 8.36. The Hall–Kier alpha value is 0.260. The number of rotatable bonds is 0. The van der Waals surface area contributed by atoms with Gasteiger partial charge in [-0.2, -0.15) is 0 Å². The van der Waals surface area contributed by atoms with E-state index < -0.39 is 20.7 Å². The van der Waals surface area contributed by atoms with E-state index in [1.54, 1.807) is 6.08 Å². The standard InChI is InChI=1S/C5H5Cl2IN2/c6-2-1-3(9)5(10)8-4(2)7/h1H,9-10H2. The van der Waals surface area contributed by atoms with Crippen LogP contribution in [-0.4, -0.2) is 2.97 Å². The molecule has 0 atom stereocenters. The molecule has 2 nitrogen and oxygen atoms in total. The Morgan fingerprint density at radius 3 is 2.40 bits per heavy atom. The Bertz CT molecular complexity index is 228. The van der Waals surface area contributed by atoms with Gasteiger partial charge in [0.15, 0.2) is 0 Å². The average molecular weight is 291 g/mol. The molecule has 0 radical (unpaired) electrons. The van der Waals surface area contributed by atoms with Crippen molar-refractivity contribution in [2.75, 3.05) is 0 Å². The lowest BCUT2D eigenvalue weighted by atomic mass is 10.4. The van der Waals surface area contributed by atoms with Gasteiger partial charge in [0, 0.05) is 0 Å². The molecule has 0 bridgehead atoms. The minimum atomic E-state index is -0.477. The van der Waals surface area contributed by atoms with Crippen LogP contribution in [0.25, 0.3) is 0 Å². The molecule has 0 saturated carbocycles. The number of nitrogens with two attached hydrogens (primary N) is 2. The van der Waals surface area contributed by atoms with Gasteiger partial charge in [0.1, 0.15) is 0 Å². The fourth-order valence-electron chi connectivity index (χ4n) is 0.449. The first-order valence-corrected chi connectivity index (χ1v) is 5.32. The third kappa shape index (κ3) is 1.65. The molecule has 1 rings (SSSR count). The van der Waals surface area contributed by atoms with Crippen LogP contribution in [0.5, 0.6) is 0 Å². The minimum Gasteiger partial charge on any atom is -0.397 e. The van der Waals surface area contributed by atoms with Gasteiger partial charge in [0.05, 0.1) is 17.4 Å². The Labute approximate surface area is 78.6 Å². The van der Waals surface area contributed by atoms with Crippen LogP contribution in [0.3, 0.4) is 0 Å². The van der Waals surface area contributed by atoms with E-state index in [0.717, 1.165) is 0 Å². The Balaban J connectivity index is 3.11. The molecule has 4 N–H and O–H groups in total. The highest BCUT2D eigenvalue weighted by Gasteiger charge is 2.07. The fourth-order valence-corrected chi connectivity index (χ4v) is 2.77. The molecule has 0 spiro atoms. The lowest BCUT2D eigenvalue weighted by Crippen LogP contribution is -2.07. The molecule has 5 heteroatoms. The normalized spacial score (nSPS) is 19.4. The summed E-state index contributed by atoms with van der Waals surface area (Å²) >= 11 is 10.9. The van der Waals surface area contributed by atoms with Crippen LogP contribution in [0, 0.1) is 0 Å². The smallest absolute Gasteiger partial charge is 0.0941 e. The maximum Gasteiger partial charge on any atom is 0.0941 e. The van der Waals surface area contributed by atoms with Gasteiger partial charge in [0.25, 0.3) is 0 Å². The van der Waals surface area contributed by atoms with E-state index >= 15 is 0 Å². The molecule has 56 valence electrons. The average Bonchev–Trinajstić information content (AvgIpc) is 1.84. The lowest BCUT2D eigenvalue weighted by Gasteiger charge is -2.05. The molecule has 0 amide bonds. The van der Waals surface area contributed by atoms with Crippen molar-refractivity contribution in [3.63, 3.8) is 0 Å². The van der Waals surface area contributed by atoms with Gasteiger partial charge in [-0.25, -0.2) is 0 Å². The summed E-state index contributed by atoms with van der Waals surface area (Å²) in [6.07, 6.45) is 1.59. The minimum absolute atomic E-state index is 0.477. The van der Waals surface area contributed by atoms with Gasteiger partial charge in [-0.3, -0.25) is 0 Å². The van der Waals surface area contributed by atoms with E-state index in [9.17, 15) is 0 Å². The zero-order valence-electron chi connectivity index (χ0n) is 4.87. The van der Waals surface area contributed by atoms with E-state index in [1.807, 2.05) is 0 Å². The van der Waals surface area contributed by atoms with Crippen LogP contribution < -0.4 is 11.5 Å². The molecule has 0 aromatic rings. The number of hydrogen-bond donors (Lipinski definition) is 2. The second-order valence-electron chi connectivity index (χ2n) is 1.65. The monoisotopic (exact) mass is 290 g/mol. The Morgan fingerprint density at radius 1 is 1.30 bits per heavy atom. The molecule has 0 saturated heterocycles. The third-order valence-electron chi connectivity index (χ3n) is 0.923. The molecule has 0 aromatic heterocycles. The zero-order chi connectivity index (χ0) is 7.72. The number of hydrogen-bond acceptors (Lipinski definition) is 2. The lowest BCUT2D eigenvalue weighted by molar-refractivity contribution is 1.36. The molecule has 0 aliphatic carbocycles. The summed E-state index contributed by atoms with van der Waals surface area (Å²) in [5.74, 6) is 0. The van der Waals surface area contributed by atoms with Crippen molar-refractivity contribution in [3.8, 4) is 0 Å². The van der Waals surface area contributed by atoms with E-state index in [-0.39, 0.29) is 0 Å². The van der Waals surface area contributed by atoms with Crippen molar-refractivity contribution in [1.29, 1.82) is 0 Å². The summed E-state index contributed by atoms with van der Waals surface area (Å²) in [7, 11) is 0. The van der Waals surface area contributed by atoms with Crippen LogP contribution in [0.1, 0.15) is 0 Å².